The first-order valence-corrected chi connectivity index (χ1v) is 6.77. The van der Waals surface area contributed by atoms with Crippen molar-refractivity contribution < 1.29 is 9.31 Å². The van der Waals surface area contributed by atoms with Crippen LogP contribution in [0.3, 0.4) is 0 Å². The van der Waals surface area contributed by atoms with E-state index < -0.39 is 4.92 Å². The average molecular weight is 360 g/mol. The fourth-order valence-corrected chi connectivity index (χ4v) is 2.33. The number of nitro groups is 1. The van der Waals surface area contributed by atoms with Crippen molar-refractivity contribution >= 4 is 38.9 Å². The fraction of sp³-hybridized carbons (Fsp3) is 0.0769. The van der Waals surface area contributed by atoms with E-state index in [4.69, 9.17) is 11.6 Å². The van der Waals surface area contributed by atoms with Crippen molar-refractivity contribution in [2.45, 2.75) is 6.54 Å². The molecule has 0 bridgehead atoms. The van der Waals surface area contributed by atoms with Crippen LogP contribution in [0.1, 0.15) is 5.56 Å². The number of benzene rings is 2. The quantitative estimate of drug-likeness (QED) is 0.632. The Balaban J connectivity index is 2.27. The third-order valence-corrected chi connectivity index (χ3v) is 3.74. The Labute approximate surface area is 127 Å². The van der Waals surface area contributed by atoms with Crippen LogP contribution in [-0.4, -0.2) is 4.92 Å². The second-order valence-electron chi connectivity index (χ2n) is 3.98. The molecule has 20 heavy (non-hydrogen) atoms. The molecular formula is C13H9BrClFN2O2. The molecule has 0 saturated heterocycles. The van der Waals surface area contributed by atoms with Crippen molar-refractivity contribution in [1.82, 2.24) is 0 Å². The minimum Gasteiger partial charge on any atom is -0.374 e. The van der Waals surface area contributed by atoms with E-state index in [1.807, 2.05) is 0 Å². The fourth-order valence-electron chi connectivity index (χ4n) is 1.70. The molecule has 2 aromatic carbocycles. The average Bonchev–Trinajstić information content (AvgIpc) is 2.40. The maximum atomic E-state index is 13.2. The van der Waals surface area contributed by atoms with Crippen molar-refractivity contribution in [3.63, 3.8) is 0 Å². The SMILES string of the molecule is O=[N+]([O-])c1cccc(Cl)c1NCc1cc(F)ccc1Br. The molecule has 4 nitrogen and oxygen atoms in total. The Morgan fingerprint density at radius 3 is 2.80 bits per heavy atom. The van der Waals surface area contributed by atoms with E-state index in [1.54, 1.807) is 12.1 Å². The van der Waals surface area contributed by atoms with Gasteiger partial charge in [0.15, 0.2) is 0 Å². The Morgan fingerprint density at radius 1 is 1.35 bits per heavy atom. The molecule has 0 atom stereocenters. The molecule has 0 amide bonds. The van der Waals surface area contributed by atoms with E-state index in [1.165, 1.54) is 24.3 Å². The number of anilines is 1. The minimum absolute atomic E-state index is 0.120. The molecule has 0 spiro atoms. The lowest BCUT2D eigenvalue weighted by Crippen LogP contribution is -2.04. The summed E-state index contributed by atoms with van der Waals surface area (Å²) in [6.45, 7) is 0.211. The van der Waals surface area contributed by atoms with E-state index >= 15 is 0 Å². The third-order valence-electron chi connectivity index (χ3n) is 2.65. The highest BCUT2D eigenvalue weighted by Crippen LogP contribution is 2.32. The number of hydrogen-bond donors (Lipinski definition) is 1. The van der Waals surface area contributed by atoms with Crippen LogP contribution in [0.2, 0.25) is 5.02 Å². The normalized spacial score (nSPS) is 10.3. The summed E-state index contributed by atoms with van der Waals surface area (Å²) in [5.74, 6) is -0.376. The topological polar surface area (TPSA) is 55.2 Å². The highest BCUT2D eigenvalue weighted by atomic mass is 79.9. The summed E-state index contributed by atoms with van der Waals surface area (Å²) in [5, 5.41) is 14.1. The largest absolute Gasteiger partial charge is 0.374 e. The number of rotatable bonds is 4. The Kier molecular flexibility index (Phi) is 4.57. The van der Waals surface area contributed by atoms with Crippen LogP contribution < -0.4 is 5.32 Å². The van der Waals surface area contributed by atoms with Crippen molar-refractivity contribution in [2.24, 2.45) is 0 Å². The molecule has 0 saturated carbocycles. The lowest BCUT2D eigenvalue weighted by Gasteiger charge is -2.10. The van der Waals surface area contributed by atoms with E-state index in [9.17, 15) is 14.5 Å². The van der Waals surface area contributed by atoms with Gasteiger partial charge in [0.25, 0.3) is 5.69 Å². The zero-order chi connectivity index (χ0) is 14.7. The summed E-state index contributed by atoms with van der Waals surface area (Å²) in [4.78, 5) is 10.4. The molecule has 2 aromatic rings. The van der Waals surface area contributed by atoms with Gasteiger partial charge in [0.2, 0.25) is 0 Å². The number of hydrogen-bond acceptors (Lipinski definition) is 3. The molecule has 1 N–H and O–H groups in total. The Bertz CT molecular complexity index is 667. The van der Waals surface area contributed by atoms with Gasteiger partial charge in [0.05, 0.1) is 9.95 Å². The summed E-state index contributed by atoms with van der Waals surface area (Å²) in [5.41, 5.74) is 0.736. The van der Waals surface area contributed by atoms with E-state index in [0.29, 0.717) is 10.0 Å². The molecule has 0 aromatic heterocycles. The lowest BCUT2D eigenvalue weighted by molar-refractivity contribution is -0.383. The number of nitrogens with zero attached hydrogens (tertiary/aromatic N) is 1. The zero-order valence-electron chi connectivity index (χ0n) is 10.1. The van der Waals surface area contributed by atoms with Gasteiger partial charge in [0.1, 0.15) is 11.5 Å². The predicted octanol–water partition coefficient (Wildman–Crippen LogP) is 4.76. The highest BCUT2D eigenvalue weighted by Gasteiger charge is 2.16. The van der Waals surface area contributed by atoms with Crippen LogP contribution in [0.15, 0.2) is 40.9 Å². The molecule has 104 valence electrons. The molecule has 2 rings (SSSR count). The number of para-hydroxylation sites is 1. The van der Waals surface area contributed by atoms with Gasteiger partial charge in [-0.25, -0.2) is 4.39 Å². The van der Waals surface area contributed by atoms with Gasteiger partial charge in [0, 0.05) is 17.1 Å². The first-order chi connectivity index (χ1) is 9.49. The molecule has 0 unspecified atom stereocenters. The zero-order valence-corrected chi connectivity index (χ0v) is 12.4. The number of nitrogens with one attached hydrogen (secondary N) is 1. The smallest absolute Gasteiger partial charge is 0.293 e. The molecule has 0 aliphatic heterocycles. The number of nitro benzene ring substituents is 1. The van der Waals surface area contributed by atoms with Crippen LogP contribution in [0, 0.1) is 15.9 Å². The van der Waals surface area contributed by atoms with Crippen molar-refractivity contribution in [2.75, 3.05) is 5.32 Å². The molecule has 7 heteroatoms. The van der Waals surface area contributed by atoms with Crippen LogP contribution in [0.25, 0.3) is 0 Å². The maximum Gasteiger partial charge on any atom is 0.293 e. The highest BCUT2D eigenvalue weighted by molar-refractivity contribution is 9.10. The van der Waals surface area contributed by atoms with E-state index in [-0.39, 0.29) is 28.8 Å². The summed E-state index contributed by atoms with van der Waals surface area (Å²) in [7, 11) is 0. The van der Waals surface area contributed by atoms with Gasteiger partial charge in [-0.15, -0.1) is 0 Å². The van der Waals surface area contributed by atoms with Crippen LogP contribution in [0.5, 0.6) is 0 Å². The van der Waals surface area contributed by atoms with Crippen LogP contribution in [-0.2, 0) is 6.54 Å². The predicted molar refractivity (Wildman–Crippen MR) is 79.5 cm³/mol. The third kappa shape index (κ3) is 3.26. The van der Waals surface area contributed by atoms with Gasteiger partial charge >= 0.3 is 0 Å². The van der Waals surface area contributed by atoms with Crippen LogP contribution >= 0.6 is 27.5 Å². The molecule has 0 fully saturated rings. The van der Waals surface area contributed by atoms with Crippen molar-refractivity contribution in [3.05, 3.63) is 67.4 Å². The van der Waals surface area contributed by atoms with Gasteiger partial charge in [-0.05, 0) is 29.8 Å². The Hall–Kier alpha value is -1.66. The summed E-state index contributed by atoms with van der Waals surface area (Å²) in [6.07, 6.45) is 0. The molecular weight excluding hydrogens is 351 g/mol. The monoisotopic (exact) mass is 358 g/mol. The van der Waals surface area contributed by atoms with Gasteiger partial charge in [-0.2, -0.15) is 0 Å². The molecule has 0 heterocycles. The van der Waals surface area contributed by atoms with Gasteiger partial charge < -0.3 is 5.32 Å². The first kappa shape index (κ1) is 14.7. The van der Waals surface area contributed by atoms with Crippen molar-refractivity contribution in [1.29, 1.82) is 0 Å². The van der Waals surface area contributed by atoms with E-state index in [0.717, 1.165) is 0 Å². The summed E-state index contributed by atoms with van der Waals surface area (Å²) in [6, 6.07) is 8.66. The van der Waals surface area contributed by atoms with Crippen molar-refractivity contribution in [3.8, 4) is 0 Å². The van der Waals surface area contributed by atoms with E-state index in [2.05, 4.69) is 21.2 Å². The van der Waals surface area contributed by atoms with Gasteiger partial charge in [-0.3, -0.25) is 10.1 Å². The molecule has 0 aliphatic rings. The summed E-state index contributed by atoms with van der Waals surface area (Å²) >= 11 is 9.25. The maximum absolute atomic E-state index is 13.2. The summed E-state index contributed by atoms with van der Waals surface area (Å²) < 4.78 is 13.9. The molecule has 0 radical (unpaired) electrons. The lowest BCUT2D eigenvalue weighted by atomic mass is 10.2. The minimum atomic E-state index is -0.519. The van der Waals surface area contributed by atoms with Crippen LogP contribution in [0.4, 0.5) is 15.8 Å². The first-order valence-electron chi connectivity index (χ1n) is 5.59. The molecule has 0 aliphatic carbocycles. The Morgan fingerprint density at radius 2 is 2.10 bits per heavy atom. The number of halogens is 3. The van der Waals surface area contributed by atoms with Gasteiger partial charge in [-0.1, -0.05) is 33.6 Å². The second kappa shape index (κ2) is 6.19. The standard InChI is InChI=1S/C13H9BrClFN2O2/c14-10-5-4-9(16)6-8(10)7-17-13-11(15)2-1-3-12(13)18(19)20/h1-6,17H,7H2. The second-order valence-corrected chi connectivity index (χ2v) is 5.24.